The Balaban J connectivity index is 1.12. The molecule has 2 aliphatic rings. The number of carbonyl (C=O) groups is 3. The molecule has 18 heteroatoms. The first-order valence-electron chi connectivity index (χ1n) is 16.4. The van der Waals surface area contributed by atoms with E-state index in [2.05, 4.69) is 39.7 Å². The summed E-state index contributed by atoms with van der Waals surface area (Å²) in [6.07, 6.45) is 0.719. The van der Waals surface area contributed by atoms with Crippen molar-refractivity contribution in [3.8, 4) is 17.1 Å². The minimum Gasteiger partial charge on any atom is -0.380 e. The quantitative estimate of drug-likeness (QED) is 0.262. The topological polar surface area (TPSA) is 143 Å². The van der Waals surface area contributed by atoms with Gasteiger partial charge in [0.15, 0.2) is 17.3 Å². The molecule has 4 aromatic rings. The third kappa shape index (κ3) is 7.50. The molecule has 0 atom stereocenters. The van der Waals surface area contributed by atoms with Crippen molar-refractivity contribution in [3.05, 3.63) is 64.5 Å². The number of piperidine rings is 1. The van der Waals surface area contributed by atoms with Crippen molar-refractivity contribution in [2.45, 2.75) is 25.6 Å². The summed E-state index contributed by atoms with van der Waals surface area (Å²) < 4.78 is 50.6. The van der Waals surface area contributed by atoms with Gasteiger partial charge in [0, 0.05) is 82.7 Å². The van der Waals surface area contributed by atoms with E-state index in [0.29, 0.717) is 31.7 Å². The number of benzene rings is 1. The fourth-order valence-electron chi connectivity index (χ4n) is 6.54. The molecule has 6 rings (SSSR count). The van der Waals surface area contributed by atoms with Gasteiger partial charge in [-0.15, -0.1) is 0 Å². The third-order valence-corrected chi connectivity index (χ3v) is 9.83. The Bertz CT molecular complexity index is 1930. The number of halogens is 4. The predicted molar refractivity (Wildman–Crippen MR) is 180 cm³/mol. The molecule has 3 aromatic heterocycles. The van der Waals surface area contributed by atoms with E-state index in [-0.39, 0.29) is 63.5 Å². The van der Waals surface area contributed by atoms with Crippen molar-refractivity contribution in [3.63, 3.8) is 0 Å². The summed E-state index contributed by atoms with van der Waals surface area (Å²) in [6.45, 7) is 3.66. The lowest BCUT2D eigenvalue weighted by Gasteiger charge is -2.40. The predicted octanol–water partition coefficient (Wildman–Crippen LogP) is 3.84. The molecule has 2 N–H and O–H groups in total. The number of ether oxygens (including phenoxy) is 1. The summed E-state index contributed by atoms with van der Waals surface area (Å²) in [7, 11) is 7.21. The monoisotopic (exact) mass is 731 g/mol. The molecule has 0 aliphatic carbocycles. The van der Waals surface area contributed by atoms with Crippen LogP contribution in [0.25, 0.3) is 17.1 Å². The molecule has 2 saturated heterocycles. The van der Waals surface area contributed by atoms with Gasteiger partial charge in [-0.25, -0.2) is 9.67 Å². The highest BCUT2D eigenvalue weighted by atomic mass is 35.5. The molecule has 14 nitrogen and oxygen atoms in total. The van der Waals surface area contributed by atoms with E-state index < -0.39 is 17.8 Å². The highest BCUT2D eigenvalue weighted by Gasteiger charge is 2.39. The number of likely N-dealkylation sites (tertiary alicyclic amines) is 1. The first kappa shape index (κ1) is 36.1. The second-order valence-corrected chi connectivity index (χ2v) is 13.9. The Hall–Kier alpha value is -4.74. The number of methoxy groups -OCH3 is 1. The van der Waals surface area contributed by atoms with Crippen molar-refractivity contribution in [1.29, 1.82) is 0 Å². The van der Waals surface area contributed by atoms with Crippen molar-refractivity contribution in [1.82, 2.24) is 39.3 Å². The van der Waals surface area contributed by atoms with Gasteiger partial charge in [-0.05, 0) is 18.2 Å². The van der Waals surface area contributed by atoms with Crippen molar-refractivity contribution < 1.29 is 36.8 Å². The van der Waals surface area contributed by atoms with Crippen LogP contribution in [0.4, 0.5) is 18.9 Å². The smallest absolute Gasteiger partial charge is 0.380 e. The highest BCUT2D eigenvalue weighted by Crippen LogP contribution is 2.37. The average molecular weight is 732 g/mol. The zero-order valence-electron chi connectivity index (χ0n) is 28.6. The molecular weight excluding hydrogens is 693 g/mol. The van der Waals surface area contributed by atoms with E-state index in [0.717, 1.165) is 41.3 Å². The Kier molecular flexibility index (Phi) is 9.98. The van der Waals surface area contributed by atoms with E-state index in [1.54, 1.807) is 4.90 Å². The molecule has 1 aromatic carbocycles. The zero-order chi connectivity index (χ0) is 36.7. The number of carbonyl (C=O) groups excluding carboxylic acids is 3. The molecule has 51 heavy (non-hydrogen) atoms. The van der Waals surface area contributed by atoms with Gasteiger partial charge in [0.25, 0.3) is 11.8 Å². The molecule has 2 aliphatic heterocycles. The van der Waals surface area contributed by atoms with E-state index in [1.165, 1.54) is 49.3 Å². The number of nitrogens with one attached hydrogen (secondary N) is 2. The van der Waals surface area contributed by atoms with Crippen LogP contribution < -0.4 is 5.32 Å². The minimum absolute atomic E-state index is 0.00901. The first-order chi connectivity index (χ1) is 24.2. The van der Waals surface area contributed by atoms with Crippen molar-refractivity contribution in [2.75, 3.05) is 65.8 Å². The maximum atomic E-state index is 14.1. The Morgan fingerprint density at radius 3 is 2.43 bits per heavy atom. The molecule has 5 heterocycles. The standard InChI is InChI=1S/C33H38ClF3N10O4/c1-43-26(24-18-46(42-27(24)33(35,36)37)28-21(19-51-4)16-39-41-28)17-38-29(43)30(48)40-22-5-6-23(25(34)15-22)32(50)45-11-9-44(10-12-45)31(49)20-7-13-47(2,3)14-8-20/h5-6,15-18,20H,7-14,19H2,1-4H3,(H-,39,40,41,48,50)/p+1. The summed E-state index contributed by atoms with van der Waals surface area (Å²) in [5, 5.41) is 13.1. The van der Waals surface area contributed by atoms with Crippen LogP contribution in [0, 0.1) is 5.92 Å². The van der Waals surface area contributed by atoms with Gasteiger partial charge in [-0.1, -0.05) is 11.6 Å². The zero-order valence-corrected chi connectivity index (χ0v) is 29.4. The molecule has 0 radical (unpaired) electrons. The van der Waals surface area contributed by atoms with Gasteiger partial charge >= 0.3 is 6.18 Å². The van der Waals surface area contributed by atoms with Crippen LogP contribution in [0.15, 0.2) is 36.8 Å². The summed E-state index contributed by atoms with van der Waals surface area (Å²) in [5.41, 5.74) is -0.519. The number of aromatic nitrogens is 6. The van der Waals surface area contributed by atoms with E-state index in [9.17, 15) is 27.6 Å². The fourth-order valence-corrected chi connectivity index (χ4v) is 6.80. The minimum atomic E-state index is -4.82. The Labute approximate surface area is 296 Å². The van der Waals surface area contributed by atoms with Crippen molar-refractivity contribution in [2.24, 2.45) is 13.0 Å². The first-order valence-corrected chi connectivity index (χ1v) is 16.8. The number of hydrogen-bond donors (Lipinski definition) is 2. The maximum absolute atomic E-state index is 14.1. The van der Waals surface area contributed by atoms with E-state index in [4.69, 9.17) is 16.3 Å². The van der Waals surface area contributed by atoms with Gasteiger partial charge in [0.05, 0.1) is 61.8 Å². The number of nitrogens with zero attached hydrogens (tertiary/aromatic N) is 8. The second-order valence-electron chi connectivity index (χ2n) is 13.5. The number of piperazine rings is 1. The summed E-state index contributed by atoms with van der Waals surface area (Å²) in [5.74, 6) is -0.877. The van der Waals surface area contributed by atoms with E-state index in [1.807, 2.05) is 4.90 Å². The van der Waals surface area contributed by atoms with Gasteiger partial charge < -0.3 is 28.9 Å². The van der Waals surface area contributed by atoms with Crippen LogP contribution >= 0.6 is 11.6 Å². The van der Waals surface area contributed by atoms with Crippen LogP contribution in [0.2, 0.25) is 5.02 Å². The Morgan fingerprint density at radius 2 is 1.78 bits per heavy atom. The van der Waals surface area contributed by atoms with Crippen LogP contribution in [0.3, 0.4) is 0 Å². The third-order valence-electron chi connectivity index (χ3n) is 9.51. The number of H-pyrrole nitrogens is 1. The number of alkyl halides is 3. The van der Waals surface area contributed by atoms with Gasteiger partial charge in [0.1, 0.15) is 0 Å². The van der Waals surface area contributed by atoms with Crippen LogP contribution in [-0.4, -0.2) is 122 Å². The van der Waals surface area contributed by atoms with Gasteiger partial charge in [0.2, 0.25) is 5.91 Å². The number of imidazole rings is 1. The molecule has 3 amide bonds. The van der Waals surface area contributed by atoms with Crippen LogP contribution in [0.5, 0.6) is 0 Å². The lowest BCUT2D eigenvalue weighted by atomic mass is 9.94. The highest BCUT2D eigenvalue weighted by molar-refractivity contribution is 6.34. The molecule has 2 fully saturated rings. The maximum Gasteiger partial charge on any atom is 0.435 e. The number of hydrogen-bond acceptors (Lipinski definition) is 7. The number of anilines is 1. The van der Waals surface area contributed by atoms with Crippen LogP contribution in [0.1, 0.15) is 45.1 Å². The van der Waals surface area contributed by atoms with E-state index >= 15 is 0 Å². The lowest BCUT2D eigenvalue weighted by Crippen LogP contribution is -2.54. The molecule has 0 unspecified atom stereocenters. The fraction of sp³-hybridized carbons (Fsp3) is 0.455. The average Bonchev–Trinajstić information content (AvgIpc) is 3.83. The summed E-state index contributed by atoms with van der Waals surface area (Å²) in [4.78, 5) is 47.3. The Morgan fingerprint density at radius 1 is 1.10 bits per heavy atom. The normalized spacial score (nSPS) is 16.8. The molecular formula is C33H39ClF3N10O4+. The number of rotatable bonds is 8. The number of quaternary nitrogens is 1. The summed E-state index contributed by atoms with van der Waals surface area (Å²) in [6, 6.07) is 4.43. The second kappa shape index (κ2) is 14.1. The number of amides is 3. The SMILES string of the molecule is COCc1c[nH]nc1-n1cc(-c2cnc(C(=O)Nc3ccc(C(=O)N4CCN(C(=O)C5CC[N+](C)(C)CC5)CC4)c(Cl)c3)n2C)c(C(F)(F)F)n1. The molecule has 0 bridgehead atoms. The summed E-state index contributed by atoms with van der Waals surface area (Å²) >= 11 is 6.51. The molecule has 0 saturated carbocycles. The lowest BCUT2D eigenvalue weighted by molar-refractivity contribution is -0.895. The molecule has 272 valence electrons. The largest absolute Gasteiger partial charge is 0.435 e. The van der Waals surface area contributed by atoms with Gasteiger partial charge in [-0.2, -0.15) is 23.4 Å². The number of aromatic amines is 1. The van der Waals surface area contributed by atoms with Crippen molar-refractivity contribution >= 4 is 35.0 Å². The molecule has 0 spiro atoms. The van der Waals surface area contributed by atoms with Gasteiger partial charge in [-0.3, -0.25) is 19.5 Å². The van der Waals surface area contributed by atoms with Crippen LogP contribution in [-0.2, 0) is 29.4 Å².